The molecule has 4 aromatic rings. The van der Waals surface area contributed by atoms with Crippen LogP contribution in [0.25, 0.3) is 0 Å². The van der Waals surface area contributed by atoms with Gasteiger partial charge in [-0.1, -0.05) is 121 Å². The molecule has 1 N–H and O–H groups in total. The zero-order chi connectivity index (χ0) is 55.9. The van der Waals surface area contributed by atoms with Crippen molar-refractivity contribution in [1.82, 2.24) is 5.06 Å². The molecule has 2 saturated heterocycles. The Morgan fingerprint density at radius 1 is 0.829 bits per heavy atom. The number of hydrogen-bond donors (Lipinski definition) is 1. The number of cyclic esters (lactones) is 1. The van der Waals surface area contributed by atoms with E-state index in [9.17, 15) is 14.8 Å². The molecule has 0 unspecified atom stereocenters. The maximum atomic E-state index is 12.9. The lowest BCUT2D eigenvalue weighted by Crippen LogP contribution is -2.44. The monoisotopic (exact) mass is 1310 g/mol. The minimum atomic E-state index is -1.96. The van der Waals surface area contributed by atoms with Crippen molar-refractivity contribution in [2.24, 2.45) is 5.92 Å². The molecular formula is C58H84I2N2O12Si2. The van der Waals surface area contributed by atoms with Crippen LogP contribution >= 0.6 is 45.2 Å². The number of para-hydroxylation sites is 2. The molecule has 0 radical (unpaired) electrons. The van der Waals surface area contributed by atoms with Gasteiger partial charge in [0.15, 0.2) is 23.2 Å². The van der Waals surface area contributed by atoms with Crippen molar-refractivity contribution < 1.29 is 56.8 Å². The van der Waals surface area contributed by atoms with Crippen molar-refractivity contribution >= 4 is 80.0 Å². The second-order valence-corrected chi connectivity index (χ2v) is 33.7. The fraction of sp³-hybridized carbons (Fsp3) is 0.500. The Morgan fingerprint density at radius 2 is 1.34 bits per heavy atom. The van der Waals surface area contributed by atoms with Gasteiger partial charge in [-0.05, 0) is 144 Å². The predicted molar refractivity (Wildman–Crippen MR) is 324 cm³/mol. The molecule has 0 amide bonds. The van der Waals surface area contributed by atoms with Crippen molar-refractivity contribution in [3.8, 4) is 17.2 Å². The lowest BCUT2D eigenvalue weighted by Gasteiger charge is -2.37. The summed E-state index contributed by atoms with van der Waals surface area (Å²) >= 11 is 4.45. The van der Waals surface area contributed by atoms with Crippen LogP contribution in [0.15, 0.2) is 97.1 Å². The van der Waals surface area contributed by atoms with E-state index in [0.717, 1.165) is 41.5 Å². The highest BCUT2D eigenvalue weighted by Crippen LogP contribution is 2.42. The van der Waals surface area contributed by atoms with Crippen LogP contribution in [0, 0.1) is 25.2 Å². The Bertz CT molecular complexity index is 2530. The number of halogens is 2. The maximum absolute atomic E-state index is 12.9. The molecule has 0 spiro atoms. The Hall–Kier alpha value is -3.88. The van der Waals surface area contributed by atoms with E-state index >= 15 is 0 Å². The third-order valence-electron chi connectivity index (χ3n) is 13.9. The van der Waals surface area contributed by atoms with E-state index in [4.69, 9.17) is 37.7 Å². The number of hydroxylamine groups is 3. The van der Waals surface area contributed by atoms with Crippen molar-refractivity contribution in [2.45, 2.75) is 157 Å². The summed E-state index contributed by atoms with van der Waals surface area (Å²) in [5.41, 5.74) is 4.98. The van der Waals surface area contributed by atoms with Crippen LogP contribution in [0.5, 0.6) is 17.2 Å². The van der Waals surface area contributed by atoms with Gasteiger partial charge in [-0.15, -0.1) is 0 Å². The first kappa shape index (κ1) is 66.4. The Labute approximate surface area is 482 Å². The highest BCUT2D eigenvalue weighted by atomic mass is 127. The molecule has 0 aliphatic carbocycles. The Kier molecular flexibility index (Phi) is 26.1. The number of rotatable bonds is 19. The number of fused-ring (bicyclic) bond motifs is 1. The topological polar surface area (TPSA) is 158 Å². The van der Waals surface area contributed by atoms with Gasteiger partial charge in [0.2, 0.25) is 0 Å². The normalized spacial score (nSPS) is 18.3. The number of carbonyl (C=O) groups excluding carboxylic acids is 2. The molecule has 14 nitrogen and oxygen atoms in total. The summed E-state index contributed by atoms with van der Waals surface area (Å²) in [6.45, 7) is 30.4. The van der Waals surface area contributed by atoms with Gasteiger partial charge in [-0.25, -0.2) is 9.53 Å². The number of ether oxygens (including phenoxy) is 5. The van der Waals surface area contributed by atoms with E-state index in [-0.39, 0.29) is 54.2 Å². The van der Waals surface area contributed by atoms with E-state index in [1.54, 1.807) is 31.2 Å². The molecule has 2 aliphatic heterocycles. The first-order valence-electron chi connectivity index (χ1n) is 25.2. The third kappa shape index (κ3) is 19.8. The summed E-state index contributed by atoms with van der Waals surface area (Å²) in [7, 11) is -0.731. The summed E-state index contributed by atoms with van der Waals surface area (Å²) in [4.78, 5) is 30.4. The van der Waals surface area contributed by atoms with Gasteiger partial charge in [0.25, 0.3) is 6.21 Å². The van der Waals surface area contributed by atoms with Crippen molar-refractivity contribution in [1.29, 1.82) is 0 Å². The number of esters is 2. The molecule has 420 valence electrons. The van der Waals surface area contributed by atoms with Gasteiger partial charge in [0.1, 0.15) is 48.7 Å². The standard InChI is InChI=1S/C28H38INO5Si.C18H18INO5.C11H24O2Si.CH4/c1-18-11-13-20(14-12-18)16-32-26-21(9-8-10-22(26)29)15-30-25-24(19(2)34-27(25)31)23(35-30)17-33-36(6,7)28(3,4)5;1-23-15-8-6-13(7-9-15)12-25-18-14(4-3-5-16(18)19)10-20(22)11-17(21)24-2;1-10(12)8-7-9-13-14(5,6)11(2,3)4;/h8-14,19,23-25H,15-17H2,1-7H3;3-9,11H,10,12H2,1-2H3;7-8,10,12H,9H2,1-6H3;1H4/b;20-11-;8-7-;/t19-,23-,24+,25-;;10-;/m0.0./s1. The number of aliphatic hydroxyl groups is 1. The summed E-state index contributed by atoms with van der Waals surface area (Å²) in [6.07, 6.45) is 3.70. The number of methoxy groups -OCH3 is 2. The van der Waals surface area contributed by atoms with Gasteiger partial charge in [0.05, 0.1) is 58.7 Å². The zero-order valence-corrected chi connectivity index (χ0v) is 52.8. The van der Waals surface area contributed by atoms with Crippen molar-refractivity contribution in [3.05, 3.63) is 137 Å². The molecule has 0 saturated carbocycles. The summed E-state index contributed by atoms with van der Waals surface area (Å²) in [5, 5.41) is 23.0. The minimum absolute atomic E-state index is 0. The second kappa shape index (κ2) is 29.9. The van der Waals surface area contributed by atoms with Crippen LogP contribution in [0.2, 0.25) is 36.3 Å². The fourth-order valence-corrected chi connectivity index (χ4v) is 10.7. The summed E-state index contributed by atoms with van der Waals surface area (Å²) in [6, 6.07) is 27.1. The Balaban J connectivity index is 0.000000330. The smallest absolute Gasteiger partial charge is 0.396 e. The average Bonchev–Trinajstić information content (AvgIpc) is 3.85. The number of aliphatic hydroxyl groups excluding tert-OH is 1. The molecule has 76 heavy (non-hydrogen) atoms. The van der Waals surface area contributed by atoms with Crippen LogP contribution in [0.3, 0.4) is 0 Å². The molecule has 2 fully saturated rings. The molecular weight excluding hydrogens is 1230 g/mol. The van der Waals surface area contributed by atoms with Gasteiger partial charge in [-0.3, -0.25) is 9.63 Å². The first-order valence-corrected chi connectivity index (χ1v) is 33.2. The van der Waals surface area contributed by atoms with Gasteiger partial charge < -0.3 is 42.9 Å². The predicted octanol–water partition coefficient (Wildman–Crippen LogP) is 13.0. The third-order valence-corrected chi connectivity index (χ3v) is 24.6. The van der Waals surface area contributed by atoms with Gasteiger partial charge >= 0.3 is 11.9 Å². The van der Waals surface area contributed by atoms with Crippen LogP contribution in [-0.2, 0) is 59.1 Å². The average molecular weight is 1310 g/mol. The van der Waals surface area contributed by atoms with Crippen LogP contribution in [-0.4, -0.2) is 101 Å². The Morgan fingerprint density at radius 3 is 1.86 bits per heavy atom. The van der Waals surface area contributed by atoms with Crippen LogP contribution in [0.1, 0.15) is 90.6 Å². The highest BCUT2D eigenvalue weighted by molar-refractivity contribution is 14.1. The number of nitrogens with zero attached hydrogens (tertiary/aromatic N) is 2. The molecule has 0 aromatic heterocycles. The van der Waals surface area contributed by atoms with E-state index in [0.29, 0.717) is 49.0 Å². The molecule has 2 aliphatic rings. The largest absolute Gasteiger partial charge is 0.623 e. The van der Waals surface area contributed by atoms with E-state index < -0.39 is 28.6 Å². The summed E-state index contributed by atoms with van der Waals surface area (Å²) in [5.74, 6) is 1.23. The molecule has 6 rings (SSSR count). The van der Waals surface area contributed by atoms with Crippen LogP contribution in [0.4, 0.5) is 0 Å². The number of aryl methyl sites for hydroxylation is 1. The lowest BCUT2D eigenvalue weighted by atomic mass is 9.93. The minimum Gasteiger partial charge on any atom is -0.623 e. The van der Waals surface area contributed by atoms with E-state index in [2.05, 4.69) is 149 Å². The quantitative estimate of drug-likeness (QED) is 0.0138. The highest BCUT2D eigenvalue weighted by Gasteiger charge is 2.57. The van der Waals surface area contributed by atoms with Crippen molar-refractivity contribution in [2.75, 3.05) is 27.4 Å². The van der Waals surface area contributed by atoms with E-state index in [1.807, 2.05) is 67.6 Å². The zero-order valence-electron chi connectivity index (χ0n) is 46.5. The molecule has 5 atom stereocenters. The van der Waals surface area contributed by atoms with Crippen molar-refractivity contribution in [3.63, 3.8) is 0 Å². The van der Waals surface area contributed by atoms with E-state index in [1.165, 1.54) is 12.7 Å². The lowest BCUT2D eigenvalue weighted by molar-refractivity contribution is -0.469. The molecule has 4 aromatic carbocycles. The SMILES string of the molecule is C.COC(=O)/C=[N+](\[O-])Cc1cccc(I)c1OCc1ccc(OC)cc1.C[C@H](O)/C=C\CO[Si](C)(C)C(C)(C)C.Cc1ccc(COc2c(I)cccc2CN2O[C@@H](CO[Si](C)(C)C(C)(C)C)[C@H]3[C@H](C)OC(=O)[C@H]32)cc1. The van der Waals surface area contributed by atoms with Crippen LogP contribution < -0.4 is 14.2 Å². The molecule has 0 bridgehead atoms. The van der Waals surface area contributed by atoms with Gasteiger partial charge in [-0.2, -0.15) is 5.06 Å². The number of benzene rings is 4. The molecule has 2 heterocycles. The number of carbonyl (C=O) groups is 2. The summed E-state index contributed by atoms with van der Waals surface area (Å²) < 4.78 is 42.3. The first-order chi connectivity index (χ1) is 35.1. The number of hydrogen-bond acceptors (Lipinski definition) is 13. The molecule has 18 heteroatoms. The second-order valence-electron chi connectivity index (χ2n) is 21.8. The fourth-order valence-electron chi connectivity index (χ4n) is 7.33. The maximum Gasteiger partial charge on any atom is 0.396 e. The van der Waals surface area contributed by atoms with Gasteiger partial charge in [0, 0.05) is 5.56 Å².